The smallest absolute Gasteiger partial charge is 0.272 e. The van der Waals surface area contributed by atoms with Crippen molar-refractivity contribution in [1.82, 2.24) is 9.88 Å². The topological polar surface area (TPSA) is 33.2 Å². The molecule has 1 fully saturated rings. The Morgan fingerprint density at radius 3 is 3.12 bits per heavy atom. The van der Waals surface area contributed by atoms with Gasteiger partial charge < -0.3 is 4.90 Å². The van der Waals surface area contributed by atoms with E-state index < -0.39 is 0 Å². The van der Waals surface area contributed by atoms with Gasteiger partial charge in [0.15, 0.2) is 0 Å². The quantitative estimate of drug-likeness (QED) is 0.781. The van der Waals surface area contributed by atoms with Crippen LogP contribution in [0.5, 0.6) is 0 Å². The average molecular weight is 283 g/mol. The summed E-state index contributed by atoms with van der Waals surface area (Å²) in [4.78, 5) is 18.4. The second kappa shape index (κ2) is 4.95. The Morgan fingerprint density at radius 1 is 1.62 bits per heavy atom. The van der Waals surface area contributed by atoms with E-state index in [1.807, 2.05) is 24.0 Å². The van der Waals surface area contributed by atoms with Gasteiger partial charge in [-0.25, -0.2) is 4.98 Å². The monoisotopic (exact) mass is 282 g/mol. The Hall–Kier alpha value is -0.900. The van der Waals surface area contributed by atoms with Crippen LogP contribution >= 0.6 is 15.9 Å². The fourth-order valence-corrected chi connectivity index (χ4v) is 2.75. The van der Waals surface area contributed by atoms with Gasteiger partial charge in [-0.1, -0.05) is 22.0 Å². The van der Waals surface area contributed by atoms with Gasteiger partial charge in [-0.2, -0.15) is 0 Å². The summed E-state index contributed by atoms with van der Waals surface area (Å²) in [6.07, 6.45) is 2.18. The average Bonchev–Trinajstić information content (AvgIpc) is 2.76. The van der Waals surface area contributed by atoms with Crippen molar-refractivity contribution in [3.8, 4) is 0 Å². The largest absolute Gasteiger partial charge is 0.333 e. The Labute approximate surface area is 104 Å². The number of alkyl halides is 1. The van der Waals surface area contributed by atoms with Crippen LogP contribution < -0.4 is 0 Å². The van der Waals surface area contributed by atoms with E-state index in [1.165, 1.54) is 0 Å². The van der Waals surface area contributed by atoms with Gasteiger partial charge in [0.2, 0.25) is 0 Å². The maximum Gasteiger partial charge on any atom is 0.272 e. The van der Waals surface area contributed by atoms with Crippen LogP contribution in [-0.4, -0.2) is 33.7 Å². The predicted molar refractivity (Wildman–Crippen MR) is 66.8 cm³/mol. The van der Waals surface area contributed by atoms with Gasteiger partial charge >= 0.3 is 0 Å². The first-order chi connectivity index (χ1) is 7.72. The molecule has 2 rings (SSSR count). The fraction of sp³-hybridized carbons (Fsp3) is 0.500. The van der Waals surface area contributed by atoms with Gasteiger partial charge in [-0.05, 0) is 31.9 Å². The van der Waals surface area contributed by atoms with Gasteiger partial charge in [-0.15, -0.1) is 0 Å². The standard InChI is InChI=1S/C12H15BrN2O/c1-9-4-2-6-11(14-9)12(16)15-7-3-5-10(15)8-13/h2,4,6,10H,3,5,7-8H2,1H3. The molecule has 1 amide bonds. The van der Waals surface area contributed by atoms with E-state index in [0.29, 0.717) is 11.7 Å². The molecule has 0 aliphatic carbocycles. The van der Waals surface area contributed by atoms with E-state index in [0.717, 1.165) is 30.4 Å². The molecule has 1 saturated heterocycles. The van der Waals surface area contributed by atoms with E-state index in [9.17, 15) is 4.79 Å². The maximum absolute atomic E-state index is 12.2. The zero-order chi connectivity index (χ0) is 11.5. The number of nitrogens with zero attached hydrogens (tertiary/aromatic N) is 2. The Morgan fingerprint density at radius 2 is 2.44 bits per heavy atom. The maximum atomic E-state index is 12.2. The molecule has 1 aliphatic rings. The minimum Gasteiger partial charge on any atom is -0.333 e. The van der Waals surface area contributed by atoms with Crippen LogP contribution in [0.3, 0.4) is 0 Å². The number of hydrogen-bond acceptors (Lipinski definition) is 2. The predicted octanol–water partition coefficient (Wildman–Crippen LogP) is 2.39. The van der Waals surface area contributed by atoms with Crippen LogP contribution in [0.4, 0.5) is 0 Å². The highest BCUT2D eigenvalue weighted by Crippen LogP contribution is 2.20. The molecule has 1 aromatic rings. The number of rotatable bonds is 2. The summed E-state index contributed by atoms with van der Waals surface area (Å²) in [5.74, 6) is 0.0608. The third-order valence-electron chi connectivity index (χ3n) is 2.92. The first kappa shape index (κ1) is 11.6. The van der Waals surface area contributed by atoms with E-state index in [1.54, 1.807) is 6.07 Å². The van der Waals surface area contributed by atoms with Gasteiger partial charge in [0, 0.05) is 23.6 Å². The third-order valence-corrected chi connectivity index (χ3v) is 3.67. The van der Waals surface area contributed by atoms with Crippen LogP contribution in [0.25, 0.3) is 0 Å². The van der Waals surface area contributed by atoms with Crippen LogP contribution in [0.15, 0.2) is 18.2 Å². The Balaban J connectivity index is 2.18. The summed E-state index contributed by atoms with van der Waals surface area (Å²) < 4.78 is 0. The van der Waals surface area contributed by atoms with Gasteiger partial charge in [-0.3, -0.25) is 4.79 Å². The minimum atomic E-state index is 0.0608. The fourth-order valence-electron chi connectivity index (χ4n) is 2.07. The van der Waals surface area contributed by atoms with Crippen molar-refractivity contribution < 1.29 is 4.79 Å². The first-order valence-electron chi connectivity index (χ1n) is 5.53. The van der Waals surface area contributed by atoms with Crippen LogP contribution in [-0.2, 0) is 0 Å². The summed E-state index contributed by atoms with van der Waals surface area (Å²) >= 11 is 3.46. The molecule has 0 radical (unpaired) electrons. The number of likely N-dealkylation sites (tertiary alicyclic amines) is 1. The second-order valence-electron chi connectivity index (χ2n) is 4.11. The van der Waals surface area contributed by atoms with Crippen molar-refractivity contribution in [1.29, 1.82) is 0 Å². The van der Waals surface area contributed by atoms with Crippen LogP contribution in [0.2, 0.25) is 0 Å². The van der Waals surface area contributed by atoms with Crippen LogP contribution in [0.1, 0.15) is 29.0 Å². The Bertz CT molecular complexity index is 394. The molecule has 86 valence electrons. The normalized spacial score (nSPS) is 20.1. The first-order valence-corrected chi connectivity index (χ1v) is 6.65. The van der Waals surface area contributed by atoms with Crippen molar-refractivity contribution in [2.24, 2.45) is 0 Å². The summed E-state index contributed by atoms with van der Waals surface area (Å²) in [6.45, 7) is 2.76. The number of aromatic nitrogens is 1. The molecule has 1 aromatic heterocycles. The molecule has 0 saturated carbocycles. The molecule has 1 aliphatic heterocycles. The molecule has 1 unspecified atom stereocenters. The lowest BCUT2D eigenvalue weighted by molar-refractivity contribution is 0.0744. The van der Waals surface area contributed by atoms with Crippen molar-refractivity contribution in [2.45, 2.75) is 25.8 Å². The van der Waals surface area contributed by atoms with Gasteiger partial charge in [0.05, 0.1) is 0 Å². The number of pyridine rings is 1. The molecule has 0 bridgehead atoms. The zero-order valence-corrected chi connectivity index (χ0v) is 10.9. The van der Waals surface area contributed by atoms with Crippen LogP contribution in [0, 0.1) is 6.92 Å². The molecular weight excluding hydrogens is 268 g/mol. The molecule has 4 heteroatoms. The number of halogens is 1. The zero-order valence-electron chi connectivity index (χ0n) is 9.32. The van der Waals surface area contributed by atoms with Gasteiger partial charge in [0.1, 0.15) is 5.69 Å². The molecule has 0 aromatic carbocycles. The molecule has 3 nitrogen and oxygen atoms in total. The van der Waals surface area contributed by atoms with E-state index in [-0.39, 0.29) is 5.91 Å². The number of carbonyl (C=O) groups is 1. The lowest BCUT2D eigenvalue weighted by Gasteiger charge is -2.22. The highest BCUT2D eigenvalue weighted by molar-refractivity contribution is 9.09. The summed E-state index contributed by atoms with van der Waals surface area (Å²) in [5.41, 5.74) is 1.45. The summed E-state index contributed by atoms with van der Waals surface area (Å²) in [6, 6.07) is 5.91. The lowest BCUT2D eigenvalue weighted by Crippen LogP contribution is -2.36. The number of aryl methyl sites for hydroxylation is 1. The molecule has 2 heterocycles. The minimum absolute atomic E-state index is 0.0608. The molecule has 0 spiro atoms. The molecular formula is C12H15BrN2O. The van der Waals surface area contributed by atoms with Gasteiger partial charge in [0.25, 0.3) is 5.91 Å². The molecule has 1 atom stereocenters. The highest BCUT2D eigenvalue weighted by atomic mass is 79.9. The highest BCUT2D eigenvalue weighted by Gasteiger charge is 2.28. The van der Waals surface area contributed by atoms with Crippen molar-refractivity contribution in [3.63, 3.8) is 0 Å². The lowest BCUT2D eigenvalue weighted by atomic mass is 10.2. The second-order valence-corrected chi connectivity index (χ2v) is 4.76. The molecule has 0 N–H and O–H groups in total. The Kier molecular flexibility index (Phi) is 3.59. The van der Waals surface area contributed by atoms with E-state index in [2.05, 4.69) is 20.9 Å². The number of amides is 1. The summed E-state index contributed by atoms with van der Waals surface area (Å²) in [5, 5.41) is 0.852. The van der Waals surface area contributed by atoms with Crippen molar-refractivity contribution >= 4 is 21.8 Å². The number of carbonyl (C=O) groups excluding carboxylic acids is 1. The molecule has 16 heavy (non-hydrogen) atoms. The SMILES string of the molecule is Cc1cccc(C(=O)N2CCCC2CBr)n1. The number of hydrogen-bond donors (Lipinski definition) is 0. The van der Waals surface area contributed by atoms with E-state index in [4.69, 9.17) is 0 Å². The van der Waals surface area contributed by atoms with Crippen molar-refractivity contribution in [2.75, 3.05) is 11.9 Å². The third kappa shape index (κ3) is 2.26. The van der Waals surface area contributed by atoms with Crippen molar-refractivity contribution in [3.05, 3.63) is 29.6 Å². The summed E-state index contributed by atoms with van der Waals surface area (Å²) in [7, 11) is 0. The van der Waals surface area contributed by atoms with E-state index >= 15 is 0 Å².